The van der Waals surface area contributed by atoms with E-state index in [1.54, 1.807) is 14.2 Å². The lowest BCUT2D eigenvalue weighted by atomic mass is 10.2. The van der Waals surface area contributed by atoms with Crippen LogP contribution in [0, 0.1) is 0 Å². The van der Waals surface area contributed by atoms with Crippen LogP contribution in [-0.2, 0) is 4.74 Å². The van der Waals surface area contributed by atoms with E-state index in [0.717, 1.165) is 25.1 Å². The molecule has 0 aromatic rings. The maximum Gasteiger partial charge on any atom is 0.0584 e. The van der Waals surface area contributed by atoms with Gasteiger partial charge in [-0.25, -0.2) is 0 Å². The Balaban J connectivity index is 3.54. The molecular weight excluding hydrogens is 140 g/mol. The Hall–Kier alpha value is -0.700. The molecular formula is C8H16N2O. The summed E-state index contributed by atoms with van der Waals surface area (Å²) in [5, 5.41) is 7.65. The summed E-state index contributed by atoms with van der Waals surface area (Å²) in [7, 11) is 3.39. The highest BCUT2D eigenvalue weighted by Gasteiger charge is 1.92. The molecule has 0 aliphatic rings. The van der Waals surface area contributed by atoms with Crippen molar-refractivity contribution in [3.63, 3.8) is 0 Å². The second-order valence-corrected chi connectivity index (χ2v) is 2.18. The molecule has 64 valence electrons. The van der Waals surface area contributed by atoms with Crippen LogP contribution in [0.4, 0.5) is 0 Å². The molecule has 0 atom stereocenters. The lowest BCUT2D eigenvalue weighted by Crippen LogP contribution is -1.88. The fourth-order valence-corrected chi connectivity index (χ4v) is 0.778. The number of hydrogen-bond donors (Lipinski definition) is 0. The van der Waals surface area contributed by atoms with Crippen molar-refractivity contribution in [2.45, 2.75) is 19.8 Å². The highest BCUT2D eigenvalue weighted by atomic mass is 16.5. The zero-order valence-corrected chi connectivity index (χ0v) is 7.50. The Kier molecular flexibility index (Phi) is 6.94. The van der Waals surface area contributed by atoms with Crippen LogP contribution in [0.15, 0.2) is 22.0 Å². The van der Waals surface area contributed by atoms with Gasteiger partial charge in [0.05, 0.1) is 5.70 Å². The molecule has 0 unspecified atom stereocenters. The number of rotatable bonds is 5. The van der Waals surface area contributed by atoms with Crippen molar-refractivity contribution in [1.82, 2.24) is 0 Å². The first-order valence-electron chi connectivity index (χ1n) is 3.79. The van der Waals surface area contributed by atoms with Crippen LogP contribution in [0.1, 0.15) is 19.8 Å². The minimum atomic E-state index is 0.788. The molecule has 0 heterocycles. The van der Waals surface area contributed by atoms with Crippen LogP contribution >= 0.6 is 0 Å². The maximum absolute atomic E-state index is 4.92. The second-order valence-electron chi connectivity index (χ2n) is 2.18. The van der Waals surface area contributed by atoms with Crippen LogP contribution in [0.5, 0.6) is 0 Å². The molecule has 0 saturated carbocycles. The largest absolute Gasteiger partial charge is 0.385 e. The van der Waals surface area contributed by atoms with Crippen molar-refractivity contribution in [1.29, 1.82) is 0 Å². The van der Waals surface area contributed by atoms with Crippen LogP contribution in [0.25, 0.3) is 0 Å². The van der Waals surface area contributed by atoms with E-state index in [4.69, 9.17) is 4.74 Å². The summed E-state index contributed by atoms with van der Waals surface area (Å²) in [6.45, 7) is 2.76. The van der Waals surface area contributed by atoms with Gasteiger partial charge in [0.1, 0.15) is 0 Å². The van der Waals surface area contributed by atoms with E-state index in [1.165, 1.54) is 0 Å². The highest BCUT2D eigenvalue weighted by Crippen LogP contribution is 2.06. The molecule has 0 bridgehead atoms. The first kappa shape index (κ1) is 10.3. The topological polar surface area (TPSA) is 34.0 Å². The number of ether oxygens (including phenoxy) is 1. The summed E-state index contributed by atoms with van der Waals surface area (Å²) in [6.07, 6.45) is 3.93. The van der Waals surface area contributed by atoms with Crippen molar-refractivity contribution in [2.75, 3.05) is 20.8 Å². The predicted molar refractivity (Wildman–Crippen MR) is 45.6 cm³/mol. The van der Waals surface area contributed by atoms with Gasteiger partial charge in [0.2, 0.25) is 0 Å². The zero-order chi connectivity index (χ0) is 8.53. The molecule has 0 saturated heterocycles. The van der Waals surface area contributed by atoms with E-state index < -0.39 is 0 Å². The molecule has 0 aromatic carbocycles. The Bertz CT molecular complexity index is 141. The number of hydrogen-bond acceptors (Lipinski definition) is 3. The predicted octanol–water partition coefficient (Wildman–Crippen LogP) is 2.40. The standard InChI is InChI=1S/C8H16N2O/c1-4-8(10-9-2)6-5-7-11-3/h4H,5-7H2,1-3H3/b8-4-,10-9?. The first-order chi connectivity index (χ1) is 5.35. The van der Waals surface area contributed by atoms with E-state index in [9.17, 15) is 0 Å². The minimum absolute atomic E-state index is 0.788. The first-order valence-corrected chi connectivity index (χ1v) is 3.79. The molecule has 3 nitrogen and oxygen atoms in total. The third-order valence-corrected chi connectivity index (χ3v) is 1.34. The van der Waals surface area contributed by atoms with Crippen molar-refractivity contribution >= 4 is 0 Å². The summed E-state index contributed by atoms with van der Waals surface area (Å²) in [4.78, 5) is 0. The third-order valence-electron chi connectivity index (χ3n) is 1.34. The molecule has 0 rings (SSSR count). The van der Waals surface area contributed by atoms with Gasteiger partial charge in [0, 0.05) is 20.8 Å². The molecule has 0 aromatic heterocycles. The third kappa shape index (κ3) is 5.73. The maximum atomic E-state index is 4.92. The lowest BCUT2D eigenvalue weighted by molar-refractivity contribution is 0.195. The van der Waals surface area contributed by atoms with Crippen LogP contribution in [0.3, 0.4) is 0 Å². The zero-order valence-electron chi connectivity index (χ0n) is 7.50. The van der Waals surface area contributed by atoms with Gasteiger partial charge in [-0.1, -0.05) is 6.08 Å². The minimum Gasteiger partial charge on any atom is -0.385 e. The molecule has 0 fully saturated rings. The van der Waals surface area contributed by atoms with Gasteiger partial charge in [-0.15, -0.1) is 0 Å². The summed E-state index contributed by atoms with van der Waals surface area (Å²) >= 11 is 0. The van der Waals surface area contributed by atoms with Gasteiger partial charge in [0.25, 0.3) is 0 Å². The van der Waals surface area contributed by atoms with E-state index in [1.807, 2.05) is 13.0 Å². The van der Waals surface area contributed by atoms with Crippen molar-refractivity contribution in [2.24, 2.45) is 10.2 Å². The summed E-state index contributed by atoms with van der Waals surface area (Å²) < 4.78 is 4.92. The number of methoxy groups -OCH3 is 1. The summed E-state index contributed by atoms with van der Waals surface area (Å²) in [5.41, 5.74) is 1.03. The molecule has 0 amide bonds. The normalized spacial score (nSPS) is 12.8. The average Bonchev–Trinajstić information content (AvgIpc) is 2.03. The van der Waals surface area contributed by atoms with Gasteiger partial charge in [0.15, 0.2) is 0 Å². The van der Waals surface area contributed by atoms with Crippen molar-refractivity contribution < 1.29 is 4.74 Å². The molecule has 3 heteroatoms. The Morgan fingerprint density at radius 1 is 1.55 bits per heavy atom. The molecule has 0 radical (unpaired) electrons. The summed E-state index contributed by atoms with van der Waals surface area (Å²) in [5.74, 6) is 0. The highest BCUT2D eigenvalue weighted by molar-refractivity contribution is 4.96. The van der Waals surface area contributed by atoms with Crippen molar-refractivity contribution in [3.8, 4) is 0 Å². The Labute approximate surface area is 68.2 Å². The lowest BCUT2D eigenvalue weighted by Gasteiger charge is -1.98. The fraction of sp³-hybridized carbons (Fsp3) is 0.750. The van der Waals surface area contributed by atoms with Crippen molar-refractivity contribution in [3.05, 3.63) is 11.8 Å². The number of azo groups is 1. The van der Waals surface area contributed by atoms with Gasteiger partial charge in [-0.3, -0.25) is 0 Å². The van der Waals surface area contributed by atoms with Crippen LogP contribution in [-0.4, -0.2) is 20.8 Å². The van der Waals surface area contributed by atoms with E-state index >= 15 is 0 Å². The average molecular weight is 156 g/mol. The Morgan fingerprint density at radius 3 is 2.73 bits per heavy atom. The SMILES string of the molecule is C/C=C(/CCCOC)N=NC. The van der Waals surface area contributed by atoms with Crippen LogP contribution in [0.2, 0.25) is 0 Å². The molecule has 0 aliphatic heterocycles. The molecule has 0 spiro atoms. The molecule has 11 heavy (non-hydrogen) atoms. The summed E-state index contributed by atoms with van der Waals surface area (Å²) in [6, 6.07) is 0. The Morgan fingerprint density at radius 2 is 2.27 bits per heavy atom. The van der Waals surface area contributed by atoms with Gasteiger partial charge < -0.3 is 4.74 Å². The fourth-order valence-electron chi connectivity index (χ4n) is 0.778. The number of allylic oxidation sites excluding steroid dienone is 2. The molecule has 0 N–H and O–H groups in total. The van der Waals surface area contributed by atoms with E-state index in [-0.39, 0.29) is 0 Å². The quantitative estimate of drug-likeness (QED) is 0.444. The molecule has 0 aliphatic carbocycles. The van der Waals surface area contributed by atoms with Gasteiger partial charge in [-0.2, -0.15) is 10.2 Å². The second kappa shape index (κ2) is 7.41. The smallest absolute Gasteiger partial charge is 0.0584 e. The number of nitrogens with zero attached hydrogens (tertiary/aromatic N) is 2. The van der Waals surface area contributed by atoms with Gasteiger partial charge in [-0.05, 0) is 19.8 Å². The van der Waals surface area contributed by atoms with E-state index in [0.29, 0.717) is 0 Å². The van der Waals surface area contributed by atoms with Gasteiger partial charge >= 0.3 is 0 Å². The van der Waals surface area contributed by atoms with E-state index in [2.05, 4.69) is 10.2 Å². The monoisotopic (exact) mass is 156 g/mol. The van der Waals surface area contributed by atoms with Crippen LogP contribution < -0.4 is 0 Å².